The van der Waals surface area contributed by atoms with Gasteiger partial charge in [-0.05, 0) is 48.5 Å². The molecule has 0 N–H and O–H groups in total. The average Bonchev–Trinajstić information content (AvgIpc) is 3.38. The maximum absolute atomic E-state index is 9.95. The van der Waals surface area contributed by atoms with Crippen molar-refractivity contribution < 1.29 is 4.74 Å². The Morgan fingerprint density at radius 2 is 1.10 bits per heavy atom. The molecule has 6 rings (SSSR count). The van der Waals surface area contributed by atoms with Crippen molar-refractivity contribution in [1.82, 2.24) is 19.1 Å². The third-order valence-corrected chi connectivity index (χ3v) is 7.23. The van der Waals surface area contributed by atoms with Crippen LogP contribution in [0.2, 0.25) is 10.0 Å². The van der Waals surface area contributed by atoms with Crippen LogP contribution in [0.4, 0.5) is 0 Å². The van der Waals surface area contributed by atoms with E-state index in [2.05, 4.69) is 22.1 Å². The van der Waals surface area contributed by atoms with E-state index in [0.29, 0.717) is 44.1 Å². The highest BCUT2D eigenvalue weighted by atomic mass is 35.5. The molecule has 0 amide bonds. The standard InChI is InChI=1S/C30H18Cl2N6O/c1-37-27-9-19(31)3-5-23(27)25(11-33)29(37)17-7-21(15-35-13-17)39-22-8-18(14-36-16-22)30-26(12-34)24-6-4-20(32)10-28(24)38(30)2/h3-10,13-16H,1-2H3. The van der Waals surface area contributed by atoms with Gasteiger partial charge in [0.2, 0.25) is 0 Å². The lowest BCUT2D eigenvalue weighted by Gasteiger charge is -2.10. The molecular formula is C30H18Cl2N6O. The maximum atomic E-state index is 9.95. The second-order valence-corrected chi connectivity index (χ2v) is 9.91. The van der Waals surface area contributed by atoms with Crippen molar-refractivity contribution in [2.75, 3.05) is 0 Å². The van der Waals surface area contributed by atoms with Crippen LogP contribution < -0.4 is 4.74 Å². The number of nitrogens with zero attached hydrogens (tertiary/aromatic N) is 6. The minimum atomic E-state index is 0.475. The molecule has 39 heavy (non-hydrogen) atoms. The number of pyridine rings is 2. The molecule has 0 bridgehead atoms. The van der Waals surface area contributed by atoms with Crippen LogP contribution in [0, 0.1) is 22.7 Å². The quantitative estimate of drug-likeness (QED) is 0.225. The molecule has 0 fully saturated rings. The number of fused-ring (bicyclic) bond motifs is 2. The van der Waals surface area contributed by atoms with E-state index in [1.807, 2.05) is 59.6 Å². The Morgan fingerprint density at radius 3 is 1.51 bits per heavy atom. The van der Waals surface area contributed by atoms with Gasteiger partial charge in [-0.2, -0.15) is 10.5 Å². The van der Waals surface area contributed by atoms with Crippen molar-refractivity contribution in [3.8, 4) is 46.2 Å². The lowest BCUT2D eigenvalue weighted by atomic mass is 10.1. The largest absolute Gasteiger partial charge is 0.454 e. The lowest BCUT2D eigenvalue weighted by Crippen LogP contribution is -1.96. The number of aromatic nitrogens is 4. The minimum Gasteiger partial charge on any atom is -0.454 e. The van der Waals surface area contributed by atoms with E-state index in [4.69, 9.17) is 27.9 Å². The smallest absolute Gasteiger partial charge is 0.146 e. The van der Waals surface area contributed by atoms with Crippen LogP contribution >= 0.6 is 23.2 Å². The Labute approximate surface area is 233 Å². The van der Waals surface area contributed by atoms with E-state index in [-0.39, 0.29) is 0 Å². The third kappa shape index (κ3) is 4.06. The topological polar surface area (TPSA) is 92.4 Å². The number of aryl methyl sites for hydroxylation is 2. The van der Waals surface area contributed by atoms with Gasteiger partial charge in [0.15, 0.2) is 0 Å². The monoisotopic (exact) mass is 548 g/mol. The summed E-state index contributed by atoms with van der Waals surface area (Å²) in [6.07, 6.45) is 6.58. The summed E-state index contributed by atoms with van der Waals surface area (Å²) in [5.41, 5.74) is 5.64. The Hall–Kier alpha value is -4.82. The summed E-state index contributed by atoms with van der Waals surface area (Å²) in [4.78, 5) is 8.73. The fourth-order valence-corrected chi connectivity index (χ4v) is 5.40. The molecule has 7 nitrogen and oxygen atoms in total. The van der Waals surface area contributed by atoms with Gasteiger partial charge in [0.1, 0.15) is 23.6 Å². The summed E-state index contributed by atoms with van der Waals surface area (Å²) in [7, 11) is 3.78. The molecule has 0 saturated carbocycles. The number of benzene rings is 2. The zero-order valence-corrected chi connectivity index (χ0v) is 22.3. The van der Waals surface area contributed by atoms with Gasteiger partial charge in [-0.3, -0.25) is 9.97 Å². The molecule has 0 aliphatic rings. The van der Waals surface area contributed by atoms with E-state index >= 15 is 0 Å². The molecular weight excluding hydrogens is 531 g/mol. The fourth-order valence-electron chi connectivity index (χ4n) is 5.07. The summed E-state index contributed by atoms with van der Waals surface area (Å²) in [6, 6.07) is 19.2. The van der Waals surface area contributed by atoms with Crippen LogP contribution in [-0.2, 0) is 14.1 Å². The van der Waals surface area contributed by atoms with Gasteiger partial charge >= 0.3 is 0 Å². The number of ether oxygens (including phenoxy) is 1. The third-order valence-electron chi connectivity index (χ3n) is 6.76. The molecule has 4 heterocycles. The minimum absolute atomic E-state index is 0.475. The molecule has 0 aliphatic carbocycles. The average molecular weight is 549 g/mol. The first kappa shape index (κ1) is 24.5. The highest BCUT2D eigenvalue weighted by Crippen LogP contribution is 2.37. The predicted octanol–water partition coefficient (Wildman–Crippen LogP) is 7.64. The summed E-state index contributed by atoms with van der Waals surface area (Å²) < 4.78 is 10.0. The molecule has 0 atom stereocenters. The van der Waals surface area contributed by atoms with E-state index < -0.39 is 0 Å². The summed E-state index contributed by atoms with van der Waals surface area (Å²) >= 11 is 12.4. The molecule has 0 unspecified atom stereocenters. The molecule has 0 spiro atoms. The summed E-state index contributed by atoms with van der Waals surface area (Å²) in [5, 5.41) is 22.7. The van der Waals surface area contributed by atoms with Crippen LogP contribution in [0.15, 0.2) is 73.3 Å². The molecule has 4 aromatic heterocycles. The molecule has 188 valence electrons. The zero-order valence-electron chi connectivity index (χ0n) is 20.8. The molecule has 0 saturated heterocycles. The maximum Gasteiger partial charge on any atom is 0.146 e. The highest BCUT2D eigenvalue weighted by Gasteiger charge is 2.20. The van der Waals surface area contributed by atoms with Gasteiger partial charge in [-0.1, -0.05) is 23.2 Å². The van der Waals surface area contributed by atoms with Crippen molar-refractivity contribution in [3.05, 3.63) is 94.5 Å². The van der Waals surface area contributed by atoms with E-state index in [0.717, 1.165) is 32.9 Å². The van der Waals surface area contributed by atoms with Gasteiger partial charge in [-0.15, -0.1) is 0 Å². The normalized spacial score (nSPS) is 11.0. The summed E-state index contributed by atoms with van der Waals surface area (Å²) in [6.45, 7) is 0. The molecule has 6 aromatic rings. The molecule has 9 heteroatoms. The Bertz CT molecular complexity index is 1880. The van der Waals surface area contributed by atoms with E-state index in [1.165, 1.54) is 0 Å². The van der Waals surface area contributed by atoms with Gasteiger partial charge in [0.25, 0.3) is 0 Å². The molecule has 0 aliphatic heterocycles. The van der Waals surface area contributed by atoms with Crippen LogP contribution in [0.5, 0.6) is 11.5 Å². The van der Waals surface area contributed by atoms with Gasteiger partial charge < -0.3 is 13.9 Å². The number of halogens is 2. The number of rotatable bonds is 4. The van der Waals surface area contributed by atoms with Crippen molar-refractivity contribution in [2.24, 2.45) is 14.1 Å². The van der Waals surface area contributed by atoms with E-state index in [1.54, 1.807) is 36.9 Å². The second-order valence-electron chi connectivity index (χ2n) is 9.03. The zero-order chi connectivity index (χ0) is 27.3. The van der Waals surface area contributed by atoms with Crippen molar-refractivity contribution >= 4 is 45.0 Å². The Balaban J connectivity index is 1.40. The van der Waals surface area contributed by atoms with Crippen molar-refractivity contribution in [2.45, 2.75) is 0 Å². The van der Waals surface area contributed by atoms with Crippen molar-refractivity contribution in [1.29, 1.82) is 10.5 Å². The Morgan fingerprint density at radius 1 is 0.667 bits per heavy atom. The molecule has 2 aromatic carbocycles. The number of hydrogen-bond donors (Lipinski definition) is 0. The van der Waals surface area contributed by atoms with Gasteiger partial charge in [0.05, 0.1) is 45.9 Å². The predicted molar refractivity (Wildman–Crippen MR) is 152 cm³/mol. The number of hydrogen-bond acceptors (Lipinski definition) is 5. The van der Waals surface area contributed by atoms with Crippen LogP contribution in [0.1, 0.15) is 11.1 Å². The first-order valence-corrected chi connectivity index (χ1v) is 12.6. The lowest BCUT2D eigenvalue weighted by molar-refractivity contribution is 0.478. The first-order valence-electron chi connectivity index (χ1n) is 11.8. The highest BCUT2D eigenvalue weighted by molar-refractivity contribution is 6.31. The van der Waals surface area contributed by atoms with Crippen molar-refractivity contribution in [3.63, 3.8) is 0 Å². The number of nitriles is 2. The van der Waals surface area contributed by atoms with E-state index in [9.17, 15) is 10.5 Å². The SMILES string of the molecule is Cn1c(-c2cncc(Oc3cncc(-c4c(C#N)c5ccc(Cl)cc5n4C)c3)c2)c(C#N)c2ccc(Cl)cc21. The fraction of sp³-hybridized carbons (Fsp3) is 0.0667. The second kappa shape index (κ2) is 9.49. The van der Waals surface area contributed by atoms with Crippen LogP contribution in [-0.4, -0.2) is 19.1 Å². The summed E-state index contributed by atoms with van der Waals surface area (Å²) in [5.74, 6) is 0.950. The van der Waals surface area contributed by atoms with Gasteiger partial charge in [-0.25, -0.2) is 0 Å². The van der Waals surface area contributed by atoms with Gasteiger partial charge in [0, 0.05) is 58.4 Å². The van der Waals surface area contributed by atoms with Crippen LogP contribution in [0.3, 0.4) is 0 Å². The Kier molecular flexibility index (Phi) is 5.96. The molecule has 0 radical (unpaired) electrons. The van der Waals surface area contributed by atoms with Crippen LogP contribution in [0.25, 0.3) is 44.3 Å². The first-order chi connectivity index (χ1) is 18.9.